The van der Waals surface area contributed by atoms with E-state index in [1.54, 1.807) is 19.1 Å². The molecule has 0 saturated heterocycles. The van der Waals surface area contributed by atoms with Crippen molar-refractivity contribution >= 4 is 32.8 Å². The van der Waals surface area contributed by atoms with Crippen LogP contribution >= 0.6 is 11.8 Å². The lowest BCUT2D eigenvalue weighted by Gasteiger charge is -2.07. The maximum atomic E-state index is 12.1. The Balaban J connectivity index is 2.61. The first-order chi connectivity index (χ1) is 10.9. The third kappa shape index (κ3) is 7.04. The Morgan fingerprint density at radius 1 is 1.26 bits per heavy atom. The molecule has 23 heavy (non-hydrogen) atoms. The summed E-state index contributed by atoms with van der Waals surface area (Å²) in [4.78, 5) is 13.7. The molecule has 6 nitrogen and oxygen atoms in total. The summed E-state index contributed by atoms with van der Waals surface area (Å²) in [6.45, 7) is 5.87. The SMILES string of the molecule is CCOC(=O)CCS/C(CC)=N/NS(=O)(=O)c1ccc(C)cc1. The fourth-order valence-corrected chi connectivity index (χ4v) is 3.29. The quantitative estimate of drug-likeness (QED) is 0.334. The van der Waals surface area contributed by atoms with Crippen LogP contribution in [-0.2, 0) is 19.6 Å². The van der Waals surface area contributed by atoms with Crippen LogP contribution in [-0.4, -0.2) is 31.8 Å². The van der Waals surface area contributed by atoms with Gasteiger partial charge in [-0.3, -0.25) is 4.79 Å². The average Bonchev–Trinajstić information content (AvgIpc) is 2.51. The van der Waals surface area contributed by atoms with Crippen molar-refractivity contribution in [1.82, 2.24) is 4.83 Å². The Hall–Kier alpha value is -1.54. The van der Waals surface area contributed by atoms with E-state index in [0.717, 1.165) is 5.56 Å². The molecule has 0 bridgehead atoms. The van der Waals surface area contributed by atoms with Crippen molar-refractivity contribution in [2.24, 2.45) is 5.10 Å². The zero-order valence-electron chi connectivity index (χ0n) is 13.5. The second kappa shape index (κ2) is 9.57. The molecule has 0 aromatic heterocycles. The first-order valence-electron chi connectivity index (χ1n) is 7.32. The minimum Gasteiger partial charge on any atom is -0.466 e. The molecule has 0 aliphatic rings. The largest absolute Gasteiger partial charge is 0.466 e. The van der Waals surface area contributed by atoms with Gasteiger partial charge in [0.05, 0.1) is 23.0 Å². The summed E-state index contributed by atoms with van der Waals surface area (Å²) in [7, 11) is -3.67. The lowest BCUT2D eigenvalue weighted by atomic mass is 10.2. The van der Waals surface area contributed by atoms with Crippen LogP contribution in [0.15, 0.2) is 34.3 Å². The second-order valence-electron chi connectivity index (χ2n) is 4.67. The van der Waals surface area contributed by atoms with E-state index >= 15 is 0 Å². The molecule has 0 aliphatic heterocycles. The molecule has 0 atom stereocenters. The summed E-state index contributed by atoms with van der Waals surface area (Å²) in [6, 6.07) is 6.53. The van der Waals surface area contributed by atoms with Crippen LogP contribution < -0.4 is 4.83 Å². The molecule has 1 aromatic rings. The van der Waals surface area contributed by atoms with Crippen molar-refractivity contribution in [2.45, 2.75) is 38.5 Å². The number of esters is 1. The van der Waals surface area contributed by atoms with Gasteiger partial charge < -0.3 is 4.74 Å². The van der Waals surface area contributed by atoms with Crippen LogP contribution in [0.5, 0.6) is 0 Å². The molecule has 0 fully saturated rings. The number of carbonyl (C=O) groups is 1. The molecule has 1 N–H and O–H groups in total. The molecule has 0 aliphatic carbocycles. The van der Waals surface area contributed by atoms with Gasteiger partial charge in [0.2, 0.25) is 0 Å². The number of hydrogen-bond acceptors (Lipinski definition) is 6. The van der Waals surface area contributed by atoms with Crippen LogP contribution in [0.2, 0.25) is 0 Å². The molecule has 0 unspecified atom stereocenters. The molecular formula is C15H22N2O4S2. The van der Waals surface area contributed by atoms with Crippen molar-refractivity contribution in [1.29, 1.82) is 0 Å². The summed E-state index contributed by atoms with van der Waals surface area (Å²) in [6.07, 6.45) is 0.839. The smallest absolute Gasteiger partial charge is 0.306 e. The predicted molar refractivity (Wildman–Crippen MR) is 92.9 cm³/mol. The number of nitrogens with one attached hydrogen (secondary N) is 1. The summed E-state index contributed by atoms with van der Waals surface area (Å²) in [5, 5.41) is 4.56. The number of hydrogen-bond donors (Lipinski definition) is 1. The van der Waals surface area contributed by atoms with E-state index in [1.807, 2.05) is 13.8 Å². The van der Waals surface area contributed by atoms with Crippen LogP contribution in [0.25, 0.3) is 0 Å². The Morgan fingerprint density at radius 2 is 1.91 bits per heavy atom. The Labute approximate surface area is 141 Å². The summed E-state index contributed by atoms with van der Waals surface area (Å²) < 4.78 is 29.1. The highest BCUT2D eigenvalue weighted by Crippen LogP contribution is 2.12. The van der Waals surface area contributed by atoms with E-state index in [4.69, 9.17) is 4.74 Å². The summed E-state index contributed by atoms with van der Waals surface area (Å²) in [5.41, 5.74) is 0.983. The van der Waals surface area contributed by atoms with Gasteiger partial charge in [-0.05, 0) is 32.4 Å². The normalized spacial score (nSPS) is 12.0. The topological polar surface area (TPSA) is 84.8 Å². The second-order valence-corrected chi connectivity index (χ2v) is 7.50. The molecular weight excluding hydrogens is 336 g/mol. The van der Waals surface area contributed by atoms with Crippen LogP contribution in [0.3, 0.4) is 0 Å². The van der Waals surface area contributed by atoms with E-state index in [1.165, 1.54) is 23.9 Å². The number of nitrogens with zero attached hydrogens (tertiary/aromatic N) is 1. The van der Waals surface area contributed by atoms with Gasteiger partial charge in [0, 0.05) is 5.75 Å². The van der Waals surface area contributed by atoms with E-state index in [9.17, 15) is 13.2 Å². The zero-order chi connectivity index (χ0) is 17.3. The fourth-order valence-electron chi connectivity index (χ4n) is 1.58. The minimum atomic E-state index is -3.67. The van der Waals surface area contributed by atoms with Crippen LogP contribution in [0.1, 0.15) is 32.3 Å². The standard InChI is InChI=1S/C15H22N2O4S2/c1-4-14(22-11-10-15(18)21-5-2)16-17-23(19,20)13-8-6-12(3)7-9-13/h6-9,17H,4-5,10-11H2,1-3H3/b16-14+. The maximum Gasteiger partial charge on any atom is 0.306 e. The van der Waals surface area contributed by atoms with E-state index in [2.05, 4.69) is 9.93 Å². The van der Waals surface area contributed by atoms with Gasteiger partial charge >= 0.3 is 5.97 Å². The van der Waals surface area contributed by atoms with Gasteiger partial charge in [-0.25, -0.2) is 0 Å². The zero-order valence-corrected chi connectivity index (χ0v) is 15.2. The lowest BCUT2D eigenvalue weighted by molar-refractivity contribution is -0.142. The molecule has 0 heterocycles. The first-order valence-corrected chi connectivity index (χ1v) is 9.79. The number of ether oxygens (including phenoxy) is 1. The molecule has 1 rings (SSSR count). The molecule has 0 spiro atoms. The summed E-state index contributed by atoms with van der Waals surface area (Å²) >= 11 is 1.34. The number of aryl methyl sites for hydroxylation is 1. The Bertz CT molecular complexity index is 640. The summed E-state index contributed by atoms with van der Waals surface area (Å²) in [5.74, 6) is 0.230. The number of hydrazone groups is 1. The molecule has 0 radical (unpaired) electrons. The molecule has 0 saturated carbocycles. The van der Waals surface area contributed by atoms with Crippen molar-refractivity contribution in [3.63, 3.8) is 0 Å². The average molecular weight is 358 g/mol. The predicted octanol–water partition coefficient (Wildman–Crippen LogP) is 2.68. The van der Waals surface area contributed by atoms with Gasteiger partial charge in [0.25, 0.3) is 10.0 Å². The maximum absolute atomic E-state index is 12.1. The van der Waals surface area contributed by atoms with Crippen molar-refractivity contribution < 1.29 is 17.9 Å². The lowest BCUT2D eigenvalue weighted by Crippen LogP contribution is -2.19. The minimum absolute atomic E-state index is 0.166. The highest BCUT2D eigenvalue weighted by atomic mass is 32.2. The highest BCUT2D eigenvalue weighted by molar-refractivity contribution is 8.13. The van der Waals surface area contributed by atoms with Gasteiger partial charge in [-0.15, -0.1) is 11.8 Å². The van der Waals surface area contributed by atoms with Gasteiger partial charge in [-0.2, -0.15) is 18.4 Å². The van der Waals surface area contributed by atoms with Gasteiger partial charge in [-0.1, -0.05) is 24.6 Å². The number of benzene rings is 1. The van der Waals surface area contributed by atoms with E-state index < -0.39 is 10.0 Å². The Kier molecular flexibility index (Phi) is 8.11. The van der Waals surface area contributed by atoms with Crippen molar-refractivity contribution in [2.75, 3.05) is 12.4 Å². The molecule has 0 amide bonds. The van der Waals surface area contributed by atoms with Crippen molar-refractivity contribution in [3.8, 4) is 0 Å². The molecule has 8 heteroatoms. The van der Waals surface area contributed by atoms with Crippen LogP contribution in [0, 0.1) is 6.92 Å². The number of thioether (sulfide) groups is 1. The van der Waals surface area contributed by atoms with E-state index in [0.29, 0.717) is 23.8 Å². The van der Waals surface area contributed by atoms with E-state index in [-0.39, 0.29) is 17.3 Å². The number of sulfonamides is 1. The van der Waals surface area contributed by atoms with Gasteiger partial charge in [0.15, 0.2) is 0 Å². The molecule has 1 aromatic carbocycles. The Morgan fingerprint density at radius 3 is 2.48 bits per heavy atom. The third-order valence-corrected chi connectivity index (χ3v) is 5.15. The molecule has 128 valence electrons. The van der Waals surface area contributed by atoms with Gasteiger partial charge in [0.1, 0.15) is 0 Å². The number of carbonyl (C=O) groups excluding carboxylic acids is 1. The number of rotatable bonds is 8. The van der Waals surface area contributed by atoms with Crippen molar-refractivity contribution in [3.05, 3.63) is 29.8 Å². The third-order valence-electron chi connectivity index (χ3n) is 2.80. The highest BCUT2D eigenvalue weighted by Gasteiger charge is 2.13. The monoisotopic (exact) mass is 358 g/mol. The van der Waals surface area contributed by atoms with Crippen LogP contribution in [0.4, 0.5) is 0 Å². The first kappa shape index (κ1) is 19.5. The fraction of sp³-hybridized carbons (Fsp3) is 0.467.